The minimum Gasteiger partial charge on any atom is -0.447 e. The highest BCUT2D eigenvalue weighted by Crippen LogP contribution is 2.24. The van der Waals surface area contributed by atoms with E-state index < -0.39 is 23.7 Å². The van der Waals surface area contributed by atoms with Gasteiger partial charge in [0.25, 0.3) is 0 Å². The van der Waals surface area contributed by atoms with E-state index in [-0.39, 0.29) is 30.5 Å². The Morgan fingerprint density at radius 1 is 1.20 bits per heavy atom. The van der Waals surface area contributed by atoms with Crippen molar-refractivity contribution < 1.29 is 23.9 Å². The van der Waals surface area contributed by atoms with Crippen LogP contribution in [-0.2, 0) is 20.7 Å². The predicted octanol–water partition coefficient (Wildman–Crippen LogP) is 4.15. The number of amides is 3. The van der Waals surface area contributed by atoms with Gasteiger partial charge in [-0.15, -0.1) is 0 Å². The number of benzene rings is 1. The molecule has 0 unspecified atom stereocenters. The first-order valence-electron chi connectivity index (χ1n) is 10.5. The molecule has 0 aliphatic carbocycles. The molecule has 1 aromatic rings. The predicted molar refractivity (Wildman–Crippen MR) is 114 cm³/mol. The SMILES string of the molecule is CC(C)[C@H]1COC(=O)N1C(=O)[C@@H](C)C[C@H](Cc1ccccc1)NC(=O)OC(C)(C)C. The van der Waals surface area contributed by atoms with Crippen LogP contribution in [0.15, 0.2) is 30.3 Å². The Kier molecular flexibility index (Phi) is 7.87. The maximum absolute atomic E-state index is 13.1. The summed E-state index contributed by atoms with van der Waals surface area (Å²) in [5, 5.41) is 2.90. The Morgan fingerprint density at radius 2 is 1.83 bits per heavy atom. The number of nitrogens with zero attached hydrogens (tertiary/aromatic N) is 1. The highest BCUT2D eigenvalue weighted by Gasteiger charge is 2.41. The number of cyclic esters (lactones) is 1. The molecule has 0 bridgehead atoms. The zero-order valence-electron chi connectivity index (χ0n) is 18.8. The van der Waals surface area contributed by atoms with Crippen molar-refractivity contribution in [1.29, 1.82) is 0 Å². The van der Waals surface area contributed by atoms with Crippen LogP contribution in [0.3, 0.4) is 0 Å². The van der Waals surface area contributed by atoms with Crippen LogP contribution < -0.4 is 5.32 Å². The van der Waals surface area contributed by atoms with Gasteiger partial charge in [0.1, 0.15) is 12.2 Å². The number of nitrogens with one attached hydrogen (secondary N) is 1. The summed E-state index contributed by atoms with van der Waals surface area (Å²) < 4.78 is 10.5. The van der Waals surface area contributed by atoms with Gasteiger partial charge in [-0.2, -0.15) is 0 Å². The molecule has 0 saturated carbocycles. The molecule has 3 amide bonds. The van der Waals surface area contributed by atoms with Crippen molar-refractivity contribution in [3.05, 3.63) is 35.9 Å². The highest BCUT2D eigenvalue weighted by atomic mass is 16.6. The van der Waals surface area contributed by atoms with Gasteiger partial charge in [0.2, 0.25) is 5.91 Å². The molecule has 1 aliphatic heterocycles. The molecule has 30 heavy (non-hydrogen) atoms. The summed E-state index contributed by atoms with van der Waals surface area (Å²) in [5.41, 5.74) is 0.422. The minimum atomic E-state index is -0.618. The van der Waals surface area contributed by atoms with Crippen molar-refractivity contribution in [3.63, 3.8) is 0 Å². The second-order valence-corrected chi connectivity index (χ2v) is 9.27. The Bertz CT molecular complexity index is 742. The molecule has 0 spiro atoms. The molecule has 1 N–H and O–H groups in total. The molecule has 0 radical (unpaired) electrons. The van der Waals surface area contributed by atoms with Gasteiger partial charge in [-0.1, -0.05) is 51.1 Å². The van der Waals surface area contributed by atoms with Crippen LogP contribution in [0.1, 0.15) is 53.5 Å². The van der Waals surface area contributed by atoms with E-state index in [1.54, 1.807) is 27.7 Å². The molecule has 3 atom stereocenters. The van der Waals surface area contributed by atoms with Gasteiger partial charge in [-0.3, -0.25) is 4.79 Å². The van der Waals surface area contributed by atoms with E-state index in [0.717, 1.165) is 5.56 Å². The average Bonchev–Trinajstić information content (AvgIpc) is 3.01. The van der Waals surface area contributed by atoms with Crippen LogP contribution in [-0.4, -0.2) is 47.3 Å². The summed E-state index contributed by atoms with van der Waals surface area (Å²) in [7, 11) is 0. The number of carbonyl (C=O) groups is 3. The van der Waals surface area contributed by atoms with Crippen LogP contribution in [0, 0.1) is 11.8 Å². The molecule has 1 fully saturated rings. The largest absolute Gasteiger partial charge is 0.447 e. The maximum Gasteiger partial charge on any atom is 0.416 e. The van der Waals surface area contributed by atoms with Crippen molar-refractivity contribution in [2.24, 2.45) is 11.8 Å². The van der Waals surface area contributed by atoms with Crippen molar-refractivity contribution in [2.45, 2.75) is 72.1 Å². The van der Waals surface area contributed by atoms with Gasteiger partial charge in [-0.05, 0) is 45.1 Å². The smallest absolute Gasteiger partial charge is 0.416 e. The topological polar surface area (TPSA) is 84.9 Å². The summed E-state index contributed by atoms with van der Waals surface area (Å²) in [6.45, 7) is 11.3. The zero-order valence-corrected chi connectivity index (χ0v) is 18.8. The molecule has 7 nitrogen and oxygen atoms in total. The first-order valence-corrected chi connectivity index (χ1v) is 10.5. The lowest BCUT2D eigenvalue weighted by molar-refractivity contribution is -0.133. The molecular weight excluding hydrogens is 384 g/mol. The number of carbonyl (C=O) groups excluding carboxylic acids is 3. The Balaban J connectivity index is 2.12. The van der Waals surface area contributed by atoms with E-state index in [1.165, 1.54) is 4.90 Å². The van der Waals surface area contributed by atoms with Crippen LogP contribution >= 0.6 is 0 Å². The Hall–Kier alpha value is -2.57. The second-order valence-electron chi connectivity index (χ2n) is 9.27. The van der Waals surface area contributed by atoms with Crippen LogP contribution in [0.5, 0.6) is 0 Å². The first kappa shape index (κ1) is 23.7. The normalized spacial score (nSPS) is 18.7. The molecule has 1 saturated heterocycles. The van der Waals surface area contributed by atoms with Gasteiger partial charge < -0.3 is 14.8 Å². The average molecular weight is 419 g/mol. The van der Waals surface area contributed by atoms with E-state index >= 15 is 0 Å². The lowest BCUT2D eigenvalue weighted by Crippen LogP contribution is -2.47. The summed E-state index contributed by atoms with van der Waals surface area (Å²) in [6, 6.07) is 9.16. The summed E-state index contributed by atoms with van der Waals surface area (Å²) in [6.07, 6.45) is -0.189. The third kappa shape index (κ3) is 6.75. The summed E-state index contributed by atoms with van der Waals surface area (Å²) in [4.78, 5) is 38.8. The molecule has 1 heterocycles. The number of hydrogen-bond donors (Lipinski definition) is 1. The fourth-order valence-electron chi connectivity index (χ4n) is 3.51. The second kappa shape index (κ2) is 9.96. The van der Waals surface area contributed by atoms with Crippen LogP contribution in [0.4, 0.5) is 9.59 Å². The van der Waals surface area contributed by atoms with Crippen LogP contribution in [0.25, 0.3) is 0 Å². The molecular formula is C23H34N2O5. The van der Waals surface area contributed by atoms with Crippen molar-refractivity contribution in [1.82, 2.24) is 10.2 Å². The van der Waals surface area contributed by atoms with E-state index in [2.05, 4.69) is 5.32 Å². The maximum atomic E-state index is 13.1. The minimum absolute atomic E-state index is 0.104. The lowest BCUT2D eigenvalue weighted by Gasteiger charge is -2.28. The van der Waals surface area contributed by atoms with Gasteiger partial charge in [0, 0.05) is 12.0 Å². The van der Waals surface area contributed by atoms with E-state index in [0.29, 0.717) is 12.8 Å². The van der Waals surface area contributed by atoms with E-state index in [9.17, 15) is 14.4 Å². The van der Waals surface area contributed by atoms with Crippen LogP contribution in [0.2, 0.25) is 0 Å². The highest BCUT2D eigenvalue weighted by molar-refractivity contribution is 5.94. The third-order valence-electron chi connectivity index (χ3n) is 5.02. The Labute approximate surface area is 179 Å². The summed E-state index contributed by atoms with van der Waals surface area (Å²) >= 11 is 0. The van der Waals surface area contributed by atoms with Crippen molar-refractivity contribution in [2.75, 3.05) is 6.61 Å². The molecule has 166 valence electrons. The quantitative estimate of drug-likeness (QED) is 0.719. The first-order chi connectivity index (χ1) is 14.0. The molecule has 2 rings (SSSR count). The molecule has 1 aromatic carbocycles. The van der Waals surface area contributed by atoms with Crippen molar-refractivity contribution in [3.8, 4) is 0 Å². The third-order valence-corrected chi connectivity index (χ3v) is 5.02. The number of imide groups is 1. The Morgan fingerprint density at radius 3 is 2.40 bits per heavy atom. The number of ether oxygens (including phenoxy) is 2. The lowest BCUT2D eigenvalue weighted by atomic mass is 9.94. The monoisotopic (exact) mass is 418 g/mol. The standard InChI is InChI=1S/C23H34N2O5/c1-15(2)19-14-29-22(28)25(19)20(26)16(3)12-18(13-17-10-8-7-9-11-17)24-21(27)30-23(4,5)6/h7-11,15-16,18-19H,12-14H2,1-6H3,(H,24,27)/t16-,18+,19+/m0/s1. The van der Waals surface area contributed by atoms with Gasteiger partial charge >= 0.3 is 12.2 Å². The fourth-order valence-corrected chi connectivity index (χ4v) is 3.51. The van der Waals surface area contributed by atoms with E-state index in [4.69, 9.17) is 9.47 Å². The van der Waals surface area contributed by atoms with Gasteiger partial charge in [0.15, 0.2) is 0 Å². The molecule has 1 aliphatic rings. The molecule has 0 aromatic heterocycles. The van der Waals surface area contributed by atoms with Gasteiger partial charge in [-0.25, -0.2) is 14.5 Å². The fraction of sp³-hybridized carbons (Fsp3) is 0.609. The van der Waals surface area contributed by atoms with Gasteiger partial charge in [0.05, 0.1) is 6.04 Å². The molecule has 7 heteroatoms. The van der Waals surface area contributed by atoms with E-state index in [1.807, 2.05) is 44.2 Å². The number of hydrogen-bond acceptors (Lipinski definition) is 5. The number of alkyl carbamates (subject to hydrolysis) is 1. The van der Waals surface area contributed by atoms with Crippen molar-refractivity contribution >= 4 is 18.1 Å². The zero-order chi connectivity index (χ0) is 22.5. The number of rotatable bonds is 7. The summed E-state index contributed by atoms with van der Waals surface area (Å²) in [5.74, 6) is -0.645.